The molecule has 0 unspecified atom stereocenters. The van der Waals surface area contributed by atoms with Crippen molar-refractivity contribution in [2.75, 3.05) is 19.0 Å². The zero-order valence-corrected chi connectivity index (χ0v) is 23.1. The van der Waals surface area contributed by atoms with E-state index in [2.05, 4.69) is 25.8 Å². The molecule has 1 aromatic carbocycles. The molecule has 0 bridgehead atoms. The second kappa shape index (κ2) is 11.9. The van der Waals surface area contributed by atoms with Gasteiger partial charge in [-0.3, -0.25) is 24.3 Å². The quantitative estimate of drug-likeness (QED) is 0.238. The van der Waals surface area contributed by atoms with Crippen LogP contribution in [-0.2, 0) is 31.5 Å². The van der Waals surface area contributed by atoms with Gasteiger partial charge < -0.3 is 25.1 Å². The Balaban J connectivity index is 1.52. The van der Waals surface area contributed by atoms with E-state index in [-0.39, 0.29) is 24.0 Å². The van der Waals surface area contributed by atoms with Crippen molar-refractivity contribution in [3.63, 3.8) is 0 Å². The lowest BCUT2D eigenvalue weighted by atomic mass is 10.1. The summed E-state index contributed by atoms with van der Waals surface area (Å²) in [7, 11) is 3.26. The summed E-state index contributed by atoms with van der Waals surface area (Å²) in [5.74, 6) is -0.407. The molecule has 40 heavy (non-hydrogen) atoms. The maximum absolute atomic E-state index is 13.2. The molecule has 0 aliphatic heterocycles. The summed E-state index contributed by atoms with van der Waals surface area (Å²) in [4.78, 5) is 41.9. The number of aromatic nitrogens is 6. The van der Waals surface area contributed by atoms with Gasteiger partial charge in [-0.2, -0.15) is 10.2 Å². The van der Waals surface area contributed by atoms with Gasteiger partial charge in [-0.25, -0.2) is 9.78 Å². The van der Waals surface area contributed by atoms with Crippen molar-refractivity contribution < 1.29 is 23.9 Å². The molecule has 0 radical (unpaired) electrons. The number of hydrogen-bond acceptors (Lipinski definition) is 8. The number of nitrogens with zero attached hydrogens (tertiary/aromatic N) is 6. The molecule has 0 saturated heterocycles. The molecule has 212 valence electrons. The number of benzene rings is 1. The van der Waals surface area contributed by atoms with Gasteiger partial charge in [-0.1, -0.05) is 0 Å². The first-order valence-corrected chi connectivity index (χ1v) is 12.7. The summed E-state index contributed by atoms with van der Waals surface area (Å²) >= 11 is 0. The fourth-order valence-corrected chi connectivity index (χ4v) is 4.39. The van der Waals surface area contributed by atoms with Crippen LogP contribution in [0.3, 0.4) is 0 Å². The maximum atomic E-state index is 13.2. The van der Waals surface area contributed by atoms with Gasteiger partial charge in [0, 0.05) is 32.2 Å². The third-order valence-electron chi connectivity index (χ3n) is 6.25. The SMILES string of the molecule is CCn1nc(C)cc1C(=O)Nc1nc2cc(C(N)=O)cc(OC)c2n1CCCNC(=O)OCc1cc(C)nn1C. The van der Waals surface area contributed by atoms with E-state index in [0.29, 0.717) is 54.2 Å². The molecule has 0 spiro atoms. The fraction of sp³-hybridized carbons (Fsp3) is 0.385. The zero-order chi connectivity index (χ0) is 29.0. The van der Waals surface area contributed by atoms with Gasteiger partial charge in [0.05, 0.1) is 29.7 Å². The molecule has 0 aliphatic carbocycles. The van der Waals surface area contributed by atoms with Gasteiger partial charge in [0.2, 0.25) is 11.9 Å². The van der Waals surface area contributed by atoms with Gasteiger partial charge >= 0.3 is 6.09 Å². The van der Waals surface area contributed by atoms with Gasteiger partial charge in [0.1, 0.15) is 23.6 Å². The van der Waals surface area contributed by atoms with Crippen molar-refractivity contribution in [1.29, 1.82) is 0 Å². The van der Waals surface area contributed by atoms with E-state index >= 15 is 0 Å². The summed E-state index contributed by atoms with van der Waals surface area (Å²) in [6.07, 6.45) is -0.0872. The average molecular weight is 552 g/mol. The Labute approximate surface area is 230 Å². The smallest absolute Gasteiger partial charge is 0.407 e. The molecule has 14 heteroatoms. The lowest BCUT2D eigenvalue weighted by molar-refractivity contribution is 0.0995. The van der Waals surface area contributed by atoms with Crippen LogP contribution in [0.2, 0.25) is 0 Å². The lowest BCUT2D eigenvalue weighted by Crippen LogP contribution is -2.26. The van der Waals surface area contributed by atoms with E-state index in [4.69, 9.17) is 15.2 Å². The highest BCUT2D eigenvalue weighted by Gasteiger charge is 2.21. The number of aryl methyl sites for hydroxylation is 5. The Morgan fingerprint density at radius 3 is 2.48 bits per heavy atom. The van der Waals surface area contributed by atoms with Gasteiger partial charge in [-0.05, 0) is 51.5 Å². The third-order valence-corrected chi connectivity index (χ3v) is 6.25. The second-order valence-corrected chi connectivity index (χ2v) is 9.20. The normalized spacial score (nSPS) is 11.0. The van der Waals surface area contributed by atoms with Crippen LogP contribution in [0.5, 0.6) is 5.75 Å². The van der Waals surface area contributed by atoms with E-state index < -0.39 is 12.0 Å². The Morgan fingerprint density at radius 1 is 1.07 bits per heavy atom. The van der Waals surface area contributed by atoms with Crippen molar-refractivity contribution in [2.24, 2.45) is 12.8 Å². The van der Waals surface area contributed by atoms with Gasteiger partial charge in [-0.15, -0.1) is 0 Å². The number of imidazole rings is 1. The largest absolute Gasteiger partial charge is 0.494 e. The molecule has 3 aromatic heterocycles. The molecule has 3 amide bonds. The molecule has 3 heterocycles. The van der Waals surface area contributed by atoms with Crippen LogP contribution in [0, 0.1) is 13.8 Å². The number of ether oxygens (including phenoxy) is 2. The number of primary amides is 1. The topological polar surface area (TPSA) is 173 Å². The number of carbonyl (C=O) groups excluding carboxylic acids is 3. The number of nitrogens with one attached hydrogen (secondary N) is 2. The molecule has 0 aliphatic rings. The molecular formula is C26H33N9O5. The van der Waals surface area contributed by atoms with E-state index in [9.17, 15) is 14.4 Å². The molecule has 4 rings (SSSR count). The standard InChI is InChI=1S/C26H33N9O5/c1-6-35-20(11-16(3)32-35)24(37)30-25-29-19-12-17(23(27)36)13-21(39-5)22(19)34(25)9-7-8-28-26(38)40-14-18-10-15(2)31-33(18)4/h10-13H,6-9,14H2,1-5H3,(H2,27,36)(H,28,38)(H,29,30,37). The Kier molecular flexibility index (Phi) is 8.36. The number of rotatable bonds is 11. The first-order valence-electron chi connectivity index (χ1n) is 12.7. The summed E-state index contributed by atoms with van der Waals surface area (Å²) < 4.78 is 15.9. The molecule has 0 atom stereocenters. The van der Waals surface area contributed by atoms with Crippen molar-refractivity contribution >= 4 is 34.9 Å². The van der Waals surface area contributed by atoms with E-state index in [1.807, 2.05) is 26.8 Å². The summed E-state index contributed by atoms with van der Waals surface area (Å²) in [6.45, 7) is 6.83. The predicted molar refractivity (Wildman–Crippen MR) is 146 cm³/mol. The third kappa shape index (κ3) is 6.06. The Morgan fingerprint density at radius 2 is 1.82 bits per heavy atom. The monoisotopic (exact) mass is 551 g/mol. The van der Waals surface area contributed by atoms with Crippen LogP contribution >= 0.6 is 0 Å². The number of amides is 3. The Bertz CT molecular complexity index is 1570. The number of anilines is 1. The molecular weight excluding hydrogens is 518 g/mol. The molecule has 0 saturated carbocycles. The van der Waals surface area contributed by atoms with Crippen LogP contribution in [0.4, 0.5) is 10.7 Å². The highest BCUT2D eigenvalue weighted by molar-refractivity contribution is 6.04. The number of hydrogen-bond donors (Lipinski definition) is 3. The number of methoxy groups -OCH3 is 1. The Hall–Kier alpha value is -4.88. The first-order chi connectivity index (χ1) is 19.1. The van der Waals surface area contributed by atoms with Crippen molar-refractivity contribution in [2.45, 2.75) is 46.9 Å². The van der Waals surface area contributed by atoms with E-state index in [1.165, 1.54) is 13.2 Å². The highest BCUT2D eigenvalue weighted by Crippen LogP contribution is 2.31. The number of alkyl carbamates (subject to hydrolysis) is 1. The van der Waals surface area contributed by atoms with E-state index in [1.54, 1.807) is 33.1 Å². The zero-order valence-electron chi connectivity index (χ0n) is 23.1. The minimum Gasteiger partial charge on any atom is -0.494 e. The minimum absolute atomic E-state index is 0.0960. The van der Waals surface area contributed by atoms with Crippen LogP contribution in [0.25, 0.3) is 11.0 Å². The predicted octanol–water partition coefficient (Wildman–Crippen LogP) is 2.28. The van der Waals surface area contributed by atoms with Crippen LogP contribution in [0.1, 0.15) is 51.3 Å². The number of nitrogens with two attached hydrogens (primary N) is 1. The minimum atomic E-state index is -0.633. The first kappa shape index (κ1) is 28.1. The molecule has 0 fully saturated rings. The van der Waals surface area contributed by atoms with Crippen LogP contribution < -0.4 is 21.1 Å². The lowest BCUT2D eigenvalue weighted by Gasteiger charge is -2.13. The summed E-state index contributed by atoms with van der Waals surface area (Å²) in [5, 5.41) is 14.2. The van der Waals surface area contributed by atoms with Crippen LogP contribution in [0.15, 0.2) is 24.3 Å². The molecule has 14 nitrogen and oxygen atoms in total. The van der Waals surface area contributed by atoms with Crippen molar-refractivity contribution in [3.05, 3.63) is 52.6 Å². The van der Waals surface area contributed by atoms with Crippen molar-refractivity contribution in [3.8, 4) is 5.75 Å². The maximum Gasteiger partial charge on any atom is 0.407 e. The van der Waals surface area contributed by atoms with E-state index in [0.717, 1.165) is 11.4 Å². The van der Waals surface area contributed by atoms with Crippen molar-refractivity contribution in [1.82, 2.24) is 34.4 Å². The molecule has 4 N–H and O–H groups in total. The number of fused-ring (bicyclic) bond motifs is 1. The highest BCUT2D eigenvalue weighted by atomic mass is 16.5. The van der Waals surface area contributed by atoms with Crippen LogP contribution in [-0.4, -0.2) is 60.7 Å². The summed E-state index contributed by atoms with van der Waals surface area (Å²) in [6, 6.07) is 6.61. The molecule has 4 aromatic rings. The van der Waals surface area contributed by atoms with Gasteiger partial charge in [0.15, 0.2) is 0 Å². The fourth-order valence-electron chi connectivity index (χ4n) is 4.39. The summed E-state index contributed by atoms with van der Waals surface area (Å²) in [5.41, 5.74) is 9.42. The number of carbonyl (C=O) groups is 3. The second-order valence-electron chi connectivity index (χ2n) is 9.20. The average Bonchev–Trinajstić information content (AvgIpc) is 3.57. The van der Waals surface area contributed by atoms with Gasteiger partial charge in [0.25, 0.3) is 5.91 Å².